The first-order valence-corrected chi connectivity index (χ1v) is 8.96. The number of carbonyl (C=O) groups excluding carboxylic acids is 1. The fourth-order valence-electron chi connectivity index (χ4n) is 2.24. The molecular formula is C13H26N2O4S. The first-order chi connectivity index (χ1) is 9.19. The second-order valence-electron chi connectivity index (χ2n) is 5.88. The smallest absolute Gasteiger partial charge is 0.251 e. The molecule has 0 unspecified atom stereocenters. The first kappa shape index (κ1) is 17.4. The van der Waals surface area contributed by atoms with Crippen molar-refractivity contribution in [3.63, 3.8) is 0 Å². The summed E-state index contributed by atoms with van der Waals surface area (Å²) < 4.78 is 30.6. The molecule has 0 saturated carbocycles. The molecule has 0 aromatic carbocycles. The Labute approximate surface area is 121 Å². The second-order valence-corrected chi connectivity index (χ2v) is 7.66. The van der Waals surface area contributed by atoms with Crippen molar-refractivity contribution >= 4 is 15.9 Å². The number of hydrogen-bond donors (Lipinski definition) is 1. The Hall–Kier alpha value is -0.660. The minimum Gasteiger partial charge on any atom is -0.368 e. The predicted octanol–water partition coefficient (Wildman–Crippen LogP) is 0.588. The lowest BCUT2D eigenvalue weighted by atomic mass is 10.1. The van der Waals surface area contributed by atoms with Gasteiger partial charge in [0.2, 0.25) is 10.0 Å². The summed E-state index contributed by atoms with van der Waals surface area (Å²) in [6.07, 6.45) is 2.23. The maximum atomic E-state index is 12.2. The van der Waals surface area contributed by atoms with Gasteiger partial charge in [0.15, 0.2) is 0 Å². The number of amides is 1. The van der Waals surface area contributed by atoms with E-state index in [0.29, 0.717) is 25.6 Å². The molecule has 0 bridgehead atoms. The maximum absolute atomic E-state index is 12.2. The number of likely N-dealkylation sites (tertiary alicyclic amines) is 1. The third-order valence-corrected chi connectivity index (χ3v) is 3.90. The van der Waals surface area contributed by atoms with Crippen LogP contribution in [0.25, 0.3) is 0 Å². The fraction of sp³-hybridized carbons (Fsp3) is 0.923. The van der Waals surface area contributed by atoms with Gasteiger partial charge in [-0.25, -0.2) is 13.1 Å². The number of piperidine rings is 1. The maximum Gasteiger partial charge on any atom is 0.251 e. The Balaban J connectivity index is 2.51. The summed E-state index contributed by atoms with van der Waals surface area (Å²) in [5.41, 5.74) is 0. The minimum absolute atomic E-state index is 0.0642. The standard InChI is InChI=1S/C13H26N2O4S/c1-10(2)9-19-11(3)13(16)15-7-5-6-12(8-15)14-20(4,17)18/h10-12,14H,5-9H2,1-4H3/t11-,12-/m1/s1. The average molecular weight is 306 g/mol. The van der Waals surface area contributed by atoms with Gasteiger partial charge in [0.1, 0.15) is 6.10 Å². The Morgan fingerprint density at radius 2 is 2.05 bits per heavy atom. The molecule has 0 aromatic rings. The van der Waals surface area contributed by atoms with Gasteiger partial charge in [0.25, 0.3) is 5.91 Å². The van der Waals surface area contributed by atoms with Crippen molar-refractivity contribution in [2.24, 2.45) is 5.92 Å². The monoisotopic (exact) mass is 306 g/mol. The Morgan fingerprint density at radius 1 is 1.40 bits per heavy atom. The van der Waals surface area contributed by atoms with E-state index >= 15 is 0 Å². The molecule has 1 fully saturated rings. The van der Waals surface area contributed by atoms with E-state index in [1.54, 1.807) is 11.8 Å². The van der Waals surface area contributed by atoms with Crippen LogP contribution in [-0.4, -0.2) is 57.3 Å². The molecule has 0 spiro atoms. The summed E-state index contributed by atoms with van der Waals surface area (Å²) in [5, 5.41) is 0. The lowest BCUT2D eigenvalue weighted by Crippen LogP contribution is -2.51. The van der Waals surface area contributed by atoms with E-state index in [4.69, 9.17) is 4.74 Å². The van der Waals surface area contributed by atoms with Crippen molar-refractivity contribution in [2.45, 2.75) is 45.8 Å². The molecule has 1 rings (SSSR count). The Kier molecular flexibility index (Phi) is 6.42. The largest absolute Gasteiger partial charge is 0.368 e. The number of rotatable bonds is 6. The normalized spacial score (nSPS) is 22.1. The number of nitrogens with zero attached hydrogens (tertiary/aromatic N) is 1. The number of sulfonamides is 1. The van der Waals surface area contributed by atoms with Crippen LogP contribution in [0.15, 0.2) is 0 Å². The summed E-state index contributed by atoms with van der Waals surface area (Å²) in [4.78, 5) is 13.9. The van der Waals surface area contributed by atoms with Gasteiger partial charge in [-0.1, -0.05) is 13.8 Å². The molecule has 0 radical (unpaired) electrons. The van der Waals surface area contributed by atoms with Gasteiger partial charge in [0.05, 0.1) is 6.26 Å². The molecule has 6 nitrogen and oxygen atoms in total. The zero-order chi connectivity index (χ0) is 15.3. The highest BCUT2D eigenvalue weighted by Gasteiger charge is 2.28. The number of ether oxygens (including phenoxy) is 1. The lowest BCUT2D eigenvalue weighted by Gasteiger charge is -2.34. The van der Waals surface area contributed by atoms with Crippen LogP contribution in [0.4, 0.5) is 0 Å². The Bertz CT molecular complexity index is 422. The van der Waals surface area contributed by atoms with Gasteiger partial charge in [-0.3, -0.25) is 4.79 Å². The molecule has 1 heterocycles. The molecular weight excluding hydrogens is 280 g/mol. The third kappa shape index (κ3) is 6.19. The van der Waals surface area contributed by atoms with Crippen LogP contribution in [0.1, 0.15) is 33.6 Å². The van der Waals surface area contributed by atoms with Crippen LogP contribution in [0.2, 0.25) is 0 Å². The van der Waals surface area contributed by atoms with Crippen LogP contribution < -0.4 is 4.72 Å². The van der Waals surface area contributed by atoms with Crippen molar-refractivity contribution < 1.29 is 17.9 Å². The zero-order valence-corrected chi connectivity index (χ0v) is 13.6. The molecule has 7 heteroatoms. The highest BCUT2D eigenvalue weighted by molar-refractivity contribution is 7.88. The first-order valence-electron chi connectivity index (χ1n) is 7.06. The van der Waals surface area contributed by atoms with Crippen LogP contribution >= 0.6 is 0 Å². The van der Waals surface area contributed by atoms with Crippen LogP contribution in [0.5, 0.6) is 0 Å². The van der Waals surface area contributed by atoms with Crippen LogP contribution in [0.3, 0.4) is 0 Å². The Morgan fingerprint density at radius 3 is 2.60 bits per heavy atom. The molecule has 118 valence electrons. The zero-order valence-electron chi connectivity index (χ0n) is 12.8. The highest BCUT2D eigenvalue weighted by Crippen LogP contribution is 2.13. The predicted molar refractivity (Wildman–Crippen MR) is 77.8 cm³/mol. The van der Waals surface area contributed by atoms with Gasteiger partial charge in [-0.15, -0.1) is 0 Å². The third-order valence-electron chi connectivity index (χ3n) is 3.14. The summed E-state index contributed by atoms with van der Waals surface area (Å²) in [6, 6.07) is -0.194. The molecule has 0 aromatic heterocycles. The molecule has 1 amide bonds. The van der Waals surface area contributed by atoms with E-state index in [-0.39, 0.29) is 11.9 Å². The molecule has 1 aliphatic heterocycles. The van der Waals surface area contributed by atoms with Crippen molar-refractivity contribution in [1.29, 1.82) is 0 Å². The van der Waals surface area contributed by atoms with Gasteiger partial charge in [-0.05, 0) is 25.7 Å². The van der Waals surface area contributed by atoms with Crippen LogP contribution in [0, 0.1) is 5.92 Å². The number of carbonyl (C=O) groups is 1. The summed E-state index contributed by atoms with van der Waals surface area (Å²) in [7, 11) is -3.23. The van der Waals surface area contributed by atoms with Crippen molar-refractivity contribution in [3.8, 4) is 0 Å². The number of hydrogen-bond acceptors (Lipinski definition) is 4. The van der Waals surface area contributed by atoms with E-state index in [0.717, 1.165) is 19.1 Å². The fourth-order valence-corrected chi connectivity index (χ4v) is 3.04. The summed E-state index contributed by atoms with van der Waals surface area (Å²) in [5.74, 6) is 0.317. The van der Waals surface area contributed by atoms with Crippen molar-refractivity contribution in [2.75, 3.05) is 26.0 Å². The number of nitrogens with one attached hydrogen (secondary N) is 1. The lowest BCUT2D eigenvalue weighted by molar-refractivity contribution is -0.144. The molecule has 0 aliphatic carbocycles. The van der Waals surface area contributed by atoms with Crippen molar-refractivity contribution in [1.82, 2.24) is 9.62 Å². The SMILES string of the molecule is CC(C)CO[C@H](C)C(=O)N1CCC[C@@H](NS(C)(=O)=O)C1. The van der Waals surface area contributed by atoms with Crippen molar-refractivity contribution in [3.05, 3.63) is 0 Å². The minimum atomic E-state index is -3.23. The van der Waals surface area contributed by atoms with E-state index < -0.39 is 16.1 Å². The molecule has 1 N–H and O–H groups in total. The van der Waals surface area contributed by atoms with Gasteiger partial charge >= 0.3 is 0 Å². The van der Waals surface area contributed by atoms with E-state index in [1.165, 1.54) is 0 Å². The quantitative estimate of drug-likeness (QED) is 0.779. The van der Waals surface area contributed by atoms with Gasteiger partial charge < -0.3 is 9.64 Å². The summed E-state index contributed by atoms with van der Waals surface area (Å²) in [6.45, 7) is 7.44. The van der Waals surface area contributed by atoms with E-state index in [2.05, 4.69) is 4.72 Å². The average Bonchev–Trinajstić information content (AvgIpc) is 2.33. The van der Waals surface area contributed by atoms with E-state index in [9.17, 15) is 13.2 Å². The molecule has 1 saturated heterocycles. The molecule has 1 aliphatic rings. The topological polar surface area (TPSA) is 75.7 Å². The van der Waals surface area contributed by atoms with E-state index in [1.807, 2.05) is 13.8 Å². The van der Waals surface area contributed by atoms with Gasteiger partial charge in [-0.2, -0.15) is 0 Å². The summed E-state index contributed by atoms with van der Waals surface area (Å²) >= 11 is 0. The molecule has 2 atom stereocenters. The van der Waals surface area contributed by atoms with Crippen LogP contribution in [-0.2, 0) is 19.6 Å². The molecule has 20 heavy (non-hydrogen) atoms. The highest BCUT2D eigenvalue weighted by atomic mass is 32.2. The second kappa shape index (κ2) is 7.38. The van der Waals surface area contributed by atoms with Gasteiger partial charge in [0, 0.05) is 25.7 Å².